The summed E-state index contributed by atoms with van der Waals surface area (Å²) in [7, 11) is 1.40. The number of rotatable bonds is 7. The Morgan fingerprint density at radius 1 is 1.10 bits per heavy atom. The number of aromatic nitrogens is 1. The van der Waals surface area contributed by atoms with Crippen molar-refractivity contribution >= 4 is 29.0 Å². The van der Waals surface area contributed by atoms with Crippen molar-refractivity contribution in [3.8, 4) is 17.2 Å². The number of alkyl halides is 2. The number of hydrogen-bond donors (Lipinski definition) is 2. The maximum atomic E-state index is 13.8. The van der Waals surface area contributed by atoms with Gasteiger partial charge in [-0.3, -0.25) is 14.2 Å². The van der Waals surface area contributed by atoms with Gasteiger partial charge < -0.3 is 19.9 Å². The zero-order chi connectivity index (χ0) is 28.4. The molecule has 0 fully saturated rings. The van der Waals surface area contributed by atoms with E-state index < -0.39 is 24.1 Å². The number of carbonyl (C=O) groups excluding carboxylic acids is 1. The normalized spacial score (nSPS) is 15.0. The van der Waals surface area contributed by atoms with Gasteiger partial charge >= 0.3 is 6.61 Å². The van der Waals surface area contributed by atoms with Gasteiger partial charge in [0.1, 0.15) is 5.75 Å². The number of methoxy groups -OCH3 is 1. The van der Waals surface area contributed by atoms with Gasteiger partial charge in [0.25, 0.3) is 11.5 Å². The van der Waals surface area contributed by atoms with Crippen LogP contribution >= 0.6 is 11.3 Å². The molecule has 0 aliphatic carbocycles. The van der Waals surface area contributed by atoms with E-state index in [-0.39, 0.29) is 32.9 Å². The third-order valence-electron chi connectivity index (χ3n) is 6.24. The Hall–Kier alpha value is -4.77. The van der Waals surface area contributed by atoms with Gasteiger partial charge in [-0.2, -0.15) is 8.78 Å². The van der Waals surface area contributed by atoms with Gasteiger partial charge in [0.15, 0.2) is 16.3 Å². The highest BCUT2D eigenvalue weighted by atomic mass is 32.1. The number of aromatic hydroxyl groups is 1. The molecular weight excluding hydrogens is 540 g/mol. The summed E-state index contributed by atoms with van der Waals surface area (Å²) < 4.78 is 37.4. The first kappa shape index (κ1) is 26.8. The first-order chi connectivity index (χ1) is 19.3. The first-order valence-corrected chi connectivity index (χ1v) is 12.9. The van der Waals surface area contributed by atoms with Crippen molar-refractivity contribution in [3.63, 3.8) is 0 Å². The van der Waals surface area contributed by atoms with Crippen LogP contribution in [0.3, 0.4) is 0 Å². The number of nitrogens with one attached hydrogen (secondary N) is 1. The fourth-order valence-electron chi connectivity index (χ4n) is 4.46. The third-order valence-corrected chi connectivity index (χ3v) is 7.22. The molecule has 1 aliphatic heterocycles. The second-order valence-electron chi connectivity index (χ2n) is 8.75. The topological polar surface area (TPSA) is 102 Å². The van der Waals surface area contributed by atoms with Crippen LogP contribution in [-0.2, 0) is 4.79 Å². The largest absolute Gasteiger partial charge is 0.504 e. The van der Waals surface area contributed by atoms with Crippen LogP contribution in [0.4, 0.5) is 14.5 Å². The highest BCUT2D eigenvalue weighted by Crippen LogP contribution is 2.35. The smallest absolute Gasteiger partial charge is 0.387 e. The van der Waals surface area contributed by atoms with E-state index in [0.717, 1.165) is 11.3 Å². The lowest BCUT2D eigenvalue weighted by atomic mass is 9.94. The van der Waals surface area contributed by atoms with Crippen LogP contribution in [0.1, 0.15) is 24.1 Å². The molecule has 1 amide bonds. The van der Waals surface area contributed by atoms with Gasteiger partial charge in [-0.1, -0.05) is 53.8 Å². The molecule has 2 heterocycles. The number of thiazole rings is 1. The van der Waals surface area contributed by atoms with E-state index in [4.69, 9.17) is 4.74 Å². The SMILES string of the molecule is COc1cc([C@H]2C(C(=O)Nc3ccccc3)=C(C)N=c3s/c(=C/c4ccccc4OC(F)F)c(=O)n32)ccc1O. The highest BCUT2D eigenvalue weighted by molar-refractivity contribution is 7.07. The number of phenols is 1. The van der Waals surface area contributed by atoms with Crippen LogP contribution in [0, 0.1) is 0 Å². The number of para-hydroxylation sites is 2. The van der Waals surface area contributed by atoms with E-state index in [9.17, 15) is 23.5 Å². The van der Waals surface area contributed by atoms with E-state index in [1.807, 2.05) is 6.07 Å². The van der Waals surface area contributed by atoms with Crippen molar-refractivity contribution in [3.05, 3.63) is 115 Å². The Bertz CT molecular complexity index is 1800. The number of halogens is 2. The maximum Gasteiger partial charge on any atom is 0.387 e. The molecule has 8 nitrogen and oxygen atoms in total. The summed E-state index contributed by atoms with van der Waals surface area (Å²) in [6, 6.07) is 18.6. The summed E-state index contributed by atoms with van der Waals surface area (Å²) >= 11 is 1.06. The maximum absolute atomic E-state index is 13.8. The number of hydrogen-bond acceptors (Lipinski definition) is 7. The number of nitrogens with zero attached hydrogens (tertiary/aromatic N) is 2. The monoisotopic (exact) mass is 563 g/mol. The molecule has 0 bridgehead atoms. The summed E-state index contributed by atoms with van der Waals surface area (Å²) in [6.07, 6.45) is 1.46. The van der Waals surface area contributed by atoms with Crippen molar-refractivity contribution in [2.45, 2.75) is 19.6 Å². The number of allylic oxidation sites excluding steroid dienone is 1. The quantitative estimate of drug-likeness (QED) is 0.351. The average molecular weight is 564 g/mol. The molecule has 2 N–H and O–H groups in total. The average Bonchev–Trinajstić information content (AvgIpc) is 3.23. The van der Waals surface area contributed by atoms with Crippen molar-refractivity contribution < 1.29 is 28.2 Å². The molecular formula is C29H23F2N3O5S. The summed E-state index contributed by atoms with van der Waals surface area (Å²) in [5.74, 6) is -0.489. The van der Waals surface area contributed by atoms with Gasteiger partial charge in [-0.25, -0.2) is 4.99 Å². The summed E-state index contributed by atoms with van der Waals surface area (Å²) in [5, 5.41) is 13.0. The Labute approximate surface area is 230 Å². The minimum atomic E-state index is -3.03. The second kappa shape index (κ2) is 11.1. The minimum absolute atomic E-state index is 0.0812. The van der Waals surface area contributed by atoms with Gasteiger partial charge in [0, 0.05) is 11.3 Å². The Balaban J connectivity index is 1.70. The molecule has 4 aromatic rings. The molecule has 1 aliphatic rings. The molecule has 1 aromatic heterocycles. The first-order valence-electron chi connectivity index (χ1n) is 12.1. The third kappa shape index (κ3) is 5.23. The molecule has 0 spiro atoms. The van der Waals surface area contributed by atoms with Crippen LogP contribution in [-0.4, -0.2) is 29.3 Å². The van der Waals surface area contributed by atoms with Gasteiger partial charge in [0.05, 0.1) is 29.0 Å². The molecule has 0 radical (unpaired) electrons. The molecule has 204 valence electrons. The molecule has 40 heavy (non-hydrogen) atoms. The van der Waals surface area contributed by atoms with E-state index >= 15 is 0 Å². The number of anilines is 1. The predicted molar refractivity (Wildman–Crippen MR) is 147 cm³/mol. The van der Waals surface area contributed by atoms with E-state index in [1.54, 1.807) is 61.5 Å². The van der Waals surface area contributed by atoms with Crippen LogP contribution in [0.2, 0.25) is 0 Å². The van der Waals surface area contributed by atoms with Crippen LogP contribution < -0.4 is 29.7 Å². The molecule has 1 atom stereocenters. The highest BCUT2D eigenvalue weighted by Gasteiger charge is 2.33. The van der Waals surface area contributed by atoms with Crippen molar-refractivity contribution in [1.29, 1.82) is 0 Å². The molecule has 0 unspecified atom stereocenters. The van der Waals surface area contributed by atoms with Gasteiger partial charge in [0.2, 0.25) is 0 Å². The van der Waals surface area contributed by atoms with E-state index in [2.05, 4.69) is 15.0 Å². The summed E-state index contributed by atoms with van der Waals surface area (Å²) in [4.78, 5) is 32.4. The Morgan fingerprint density at radius 2 is 1.82 bits per heavy atom. The molecule has 11 heteroatoms. The van der Waals surface area contributed by atoms with E-state index in [0.29, 0.717) is 21.7 Å². The fraction of sp³-hybridized carbons (Fsp3) is 0.138. The van der Waals surface area contributed by atoms with E-state index in [1.165, 1.54) is 29.9 Å². The predicted octanol–water partition coefficient (Wildman–Crippen LogP) is 4.19. The van der Waals surface area contributed by atoms with Crippen LogP contribution in [0.5, 0.6) is 17.2 Å². The Morgan fingerprint density at radius 3 is 2.55 bits per heavy atom. The number of phenolic OH excluding ortho intramolecular Hbond substituents is 1. The van der Waals surface area contributed by atoms with Crippen LogP contribution in [0.25, 0.3) is 6.08 Å². The number of benzene rings is 3. The second-order valence-corrected chi connectivity index (χ2v) is 9.76. The van der Waals surface area contributed by atoms with Crippen LogP contribution in [0.15, 0.2) is 93.9 Å². The Kier molecular flexibility index (Phi) is 7.47. The van der Waals surface area contributed by atoms with Crippen molar-refractivity contribution in [1.82, 2.24) is 4.57 Å². The molecule has 5 rings (SSSR count). The van der Waals surface area contributed by atoms with Crippen molar-refractivity contribution in [2.24, 2.45) is 4.99 Å². The number of amides is 1. The lowest BCUT2D eigenvalue weighted by Crippen LogP contribution is -2.40. The lowest BCUT2D eigenvalue weighted by Gasteiger charge is -2.25. The standard InChI is InChI=1S/C29H23F2N3O5S/c1-16-24(26(36)33-19-9-4-3-5-10-19)25(18-12-13-20(35)22(14-18)38-2)34-27(37)23(40-29(34)32-16)15-17-8-6-7-11-21(17)39-28(30)31/h3-15,25,28,35H,1-2H3,(H,33,36)/b23-15+/t25-/m0/s1. The van der Waals surface area contributed by atoms with Gasteiger partial charge in [-0.15, -0.1) is 0 Å². The molecule has 0 saturated carbocycles. The molecule has 0 saturated heterocycles. The van der Waals surface area contributed by atoms with Gasteiger partial charge in [-0.05, 0) is 48.9 Å². The number of carbonyl (C=O) groups is 1. The number of fused-ring (bicyclic) bond motifs is 1. The zero-order valence-corrected chi connectivity index (χ0v) is 22.1. The number of ether oxygens (including phenoxy) is 2. The lowest BCUT2D eigenvalue weighted by molar-refractivity contribution is -0.113. The minimum Gasteiger partial charge on any atom is -0.504 e. The molecule has 3 aromatic carbocycles. The summed E-state index contributed by atoms with van der Waals surface area (Å²) in [5.41, 5.74) is 1.47. The fourth-order valence-corrected chi connectivity index (χ4v) is 5.49. The summed E-state index contributed by atoms with van der Waals surface area (Å²) in [6.45, 7) is -1.36. The zero-order valence-electron chi connectivity index (χ0n) is 21.3. The van der Waals surface area contributed by atoms with Crippen molar-refractivity contribution in [2.75, 3.05) is 12.4 Å².